The van der Waals surface area contributed by atoms with Crippen LogP contribution in [0.25, 0.3) is 0 Å². The molecule has 0 aromatic carbocycles. The smallest absolute Gasteiger partial charge is 0.312 e. The van der Waals surface area contributed by atoms with Crippen LogP contribution in [-0.4, -0.2) is 16.7 Å². The van der Waals surface area contributed by atoms with Crippen LogP contribution in [0.1, 0.15) is 18.2 Å². The number of rotatable bonds is 3. The molecule has 0 bridgehead atoms. The van der Waals surface area contributed by atoms with Crippen molar-refractivity contribution in [2.45, 2.75) is 19.3 Å². The molecule has 0 unspecified atom stereocenters. The van der Waals surface area contributed by atoms with Crippen LogP contribution in [0.2, 0.25) is 5.02 Å². The third-order valence-corrected chi connectivity index (χ3v) is 2.23. The van der Waals surface area contributed by atoms with E-state index < -0.39 is 18.2 Å². The SMILES string of the molecule is CCc1cc(C(F)(F)CO)ncc1Cl. The van der Waals surface area contributed by atoms with E-state index in [1.807, 2.05) is 6.92 Å². The Hall–Kier alpha value is -0.740. The first kappa shape index (κ1) is 11.3. The van der Waals surface area contributed by atoms with Gasteiger partial charge < -0.3 is 5.11 Å². The number of aryl methyl sites for hydroxylation is 1. The second-order valence-corrected chi connectivity index (χ2v) is 3.28. The summed E-state index contributed by atoms with van der Waals surface area (Å²) in [6, 6.07) is 1.22. The Morgan fingerprint density at radius 3 is 2.71 bits per heavy atom. The molecule has 1 N–H and O–H groups in total. The molecule has 1 heterocycles. The summed E-state index contributed by atoms with van der Waals surface area (Å²) in [7, 11) is 0. The zero-order valence-corrected chi connectivity index (χ0v) is 8.35. The molecule has 1 rings (SSSR count). The van der Waals surface area contributed by atoms with E-state index >= 15 is 0 Å². The van der Waals surface area contributed by atoms with Gasteiger partial charge in [-0.25, -0.2) is 0 Å². The van der Waals surface area contributed by atoms with E-state index in [0.29, 0.717) is 17.0 Å². The van der Waals surface area contributed by atoms with Gasteiger partial charge in [0.1, 0.15) is 12.3 Å². The number of aliphatic hydroxyl groups is 1. The number of pyridine rings is 1. The minimum absolute atomic E-state index is 0.366. The van der Waals surface area contributed by atoms with Crippen molar-refractivity contribution in [3.05, 3.63) is 28.5 Å². The number of alkyl halides is 2. The number of hydrogen-bond acceptors (Lipinski definition) is 2. The fraction of sp³-hybridized carbons (Fsp3) is 0.444. The minimum Gasteiger partial charge on any atom is -0.390 e. The lowest BCUT2D eigenvalue weighted by Crippen LogP contribution is -2.20. The summed E-state index contributed by atoms with van der Waals surface area (Å²) in [6.45, 7) is 0.562. The van der Waals surface area contributed by atoms with Gasteiger partial charge in [-0.2, -0.15) is 8.78 Å². The molecule has 2 nitrogen and oxygen atoms in total. The fourth-order valence-electron chi connectivity index (χ4n) is 1.03. The number of hydrogen-bond donors (Lipinski definition) is 1. The van der Waals surface area contributed by atoms with Gasteiger partial charge in [0.05, 0.1) is 5.02 Å². The minimum atomic E-state index is -3.30. The molecule has 0 saturated carbocycles. The highest BCUT2D eigenvalue weighted by Crippen LogP contribution is 2.28. The third-order valence-electron chi connectivity index (χ3n) is 1.89. The average molecular weight is 222 g/mol. The van der Waals surface area contributed by atoms with Gasteiger partial charge in [-0.15, -0.1) is 0 Å². The lowest BCUT2D eigenvalue weighted by atomic mass is 10.1. The second kappa shape index (κ2) is 4.19. The van der Waals surface area contributed by atoms with Crippen molar-refractivity contribution < 1.29 is 13.9 Å². The Balaban J connectivity index is 3.12. The maximum atomic E-state index is 13.0. The Labute approximate surface area is 85.5 Å². The van der Waals surface area contributed by atoms with Gasteiger partial charge >= 0.3 is 5.92 Å². The van der Waals surface area contributed by atoms with Crippen LogP contribution < -0.4 is 0 Å². The third kappa shape index (κ3) is 2.19. The Bertz CT molecular complexity index is 331. The Kier molecular flexibility index (Phi) is 3.39. The second-order valence-electron chi connectivity index (χ2n) is 2.88. The molecule has 0 amide bonds. The van der Waals surface area contributed by atoms with Gasteiger partial charge in [0, 0.05) is 6.20 Å². The highest BCUT2D eigenvalue weighted by Gasteiger charge is 2.32. The van der Waals surface area contributed by atoms with Gasteiger partial charge in [-0.3, -0.25) is 4.98 Å². The van der Waals surface area contributed by atoms with E-state index in [2.05, 4.69) is 4.98 Å². The summed E-state index contributed by atoms with van der Waals surface area (Å²) in [5.41, 5.74) is 0.158. The molecule has 5 heteroatoms. The first-order valence-corrected chi connectivity index (χ1v) is 4.52. The Morgan fingerprint density at radius 1 is 1.57 bits per heavy atom. The van der Waals surface area contributed by atoms with E-state index in [0.717, 1.165) is 0 Å². The van der Waals surface area contributed by atoms with Crippen molar-refractivity contribution in [2.75, 3.05) is 6.61 Å². The van der Waals surface area contributed by atoms with Crippen LogP contribution in [0.4, 0.5) is 8.78 Å². The van der Waals surface area contributed by atoms with E-state index in [-0.39, 0.29) is 0 Å². The number of aromatic nitrogens is 1. The molecule has 0 aliphatic carbocycles. The topological polar surface area (TPSA) is 33.1 Å². The lowest BCUT2D eigenvalue weighted by Gasteiger charge is -2.13. The summed E-state index contributed by atoms with van der Waals surface area (Å²) in [6.07, 6.45) is 1.73. The monoisotopic (exact) mass is 221 g/mol. The van der Waals surface area contributed by atoms with E-state index in [4.69, 9.17) is 16.7 Å². The Morgan fingerprint density at radius 2 is 2.21 bits per heavy atom. The zero-order valence-electron chi connectivity index (χ0n) is 7.60. The van der Waals surface area contributed by atoms with Gasteiger partial charge in [-0.1, -0.05) is 18.5 Å². The molecule has 0 aliphatic heterocycles. The standard InChI is InChI=1S/C9H10ClF2NO/c1-2-6-3-8(9(11,12)5-14)13-4-7(6)10/h3-4,14H,2,5H2,1H3. The molecule has 0 radical (unpaired) electrons. The quantitative estimate of drug-likeness (QED) is 0.850. The zero-order chi connectivity index (χ0) is 10.8. The van der Waals surface area contributed by atoms with Crippen LogP contribution in [0.15, 0.2) is 12.3 Å². The van der Waals surface area contributed by atoms with Crippen molar-refractivity contribution >= 4 is 11.6 Å². The van der Waals surface area contributed by atoms with Crippen molar-refractivity contribution in [1.29, 1.82) is 0 Å². The summed E-state index contributed by atoms with van der Waals surface area (Å²) in [5, 5.41) is 8.82. The molecule has 0 atom stereocenters. The molecule has 78 valence electrons. The van der Waals surface area contributed by atoms with E-state index in [1.54, 1.807) is 0 Å². The van der Waals surface area contributed by atoms with Crippen LogP contribution in [-0.2, 0) is 12.3 Å². The summed E-state index contributed by atoms with van der Waals surface area (Å²) < 4.78 is 26.0. The molecule has 1 aromatic rings. The van der Waals surface area contributed by atoms with Crippen molar-refractivity contribution in [3.63, 3.8) is 0 Å². The summed E-state index contributed by atoms with van der Waals surface area (Å²) in [4.78, 5) is 3.49. The fourth-order valence-corrected chi connectivity index (χ4v) is 1.27. The predicted octanol–water partition coefficient (Wildman–Crippen LogP) is 2.38. The molecule has 1 aromatic heterocycles. The molecule has 0 spiro atoms. The van der Waals surface area contributed by atoms with Crippen LogP contribution >= 0.6 is 11.6 Å². The van der Waals surface area contributed by atoms with Gasteiger partial charge in [0.25, 0.3) is 0 Å². The maximum Gasteiger partial charge on any atom is 0.312 e. The van der Waals surface area contributed by atoms with E-state index in [9.17, 15) is 8.78 Å². The molecular weight excluding hydrogens is 212 g/mol. The van der Waals surface area contributed by atoms with Crippen LogP contribution in [0.5, 0.6) is 0 Å². The van der Waals surface area contributed by atoms with Gasteiger partial charge in [0.2, 0.25) is 0 Å². The van der Waals surface area contributed by atoms with Gasteiger partial charge in [0.15, 0.2) is 0 Å². The average Bonchev–Trinajstić information content (AvgIpc) is 2.18. The van der Waals surface area contributed by atoms with E-state index in [1.165, 1.54) is 12.3 Å². The number of aliphatic hydroxyl groups excluding tert-OH is 1. The van der Waals surface area contributed by atoms with Crippen molar-refractivity contribution in [3.8, 4) is 0 Å². The largest absolute Gasteiger partial charge is 0.390 e. The van der Waals surface area contributed by atoms with Crippen molar-refractivity contribution in [1.82, 2.24) is 4.98 Å². The van der Waals surface area contributed by atoms with Crippen molar-refractivity contribution in [2.24, 2.45) is 0 Å². The highest BCUT2D eigenvalue weighted by atomic mass is 35.5. The lowest BCUT2D eigenvalue weighted by molar-refractivity contribution is -0.0592. The summed E-state index contributed by atoms with van der Waals surface area (Å²) in [5.74, 6) is -3.30. The highest BCUT2D eigenvalue weighted by molar-refractivity contribution is 6.31. The first-order chi connectivity index (χ1) is 6.51. The molecule has 0 fully saturated rings. The number of halogens is 3. The molecule has 0 aliphatic rings. The normalized spacial score (nSPS) is 11.8. The van der Waals surface area contributed by atoms with Gasteiger partial charge in [-0.05, 0) is 18.1 Å². The predicted molar refractivity (Wildman–Crippen MR) is 49.6 cm³/mol. The molecule has 0 saturated heterocycles. The first-order valence-electron chi connectivity index (χ1n) is 4.15. The number of nitrogens with zero attached hydrogens (tertiary/aromatic N) is 1. The molecule has 14 heavy (non-hydrogen) atoms. The van der Waals surface area contributed by atoms with Crippen LogP contribution in [0, 0.1) is 0 Å². The summed E-state index contributed by atoms with van der Waals surface area (Å²) >= 11 is 5.72. The molecular formula is C9H10ClF2NO. The maximum absolute atomic E-state index is 13.0. The van der Waals surface area contributed by atoms with Crippen LogP contribution in [0.3, 0.4) is 0 Å².